The van der Waals surface area contributed by atoms with Gasteiger partial charge in [0.15, 0.2) is 0 Å². The fourth-order valence-corrected chi connectivity index (χ4v) is 2.05. The molecule has 5 nitrogen and oxygen atoms in total. The highest BCUT2D eigenvalue weighted by molar-refractivity contribution is 9.10. The predicted octanol–water partition coefficient (Wildman–Crippen LogP) is 2.39. The van der Waals surface area contributed by atoms with E-state index in [-0.39, 0.29) is 5.91 Å². The molecule has 0 saturated heterocycles. The van der Waals surface area contributed by atoms with Crippen molar-refractivity contribution in [2.24, 2.45) is 0 Å². The van der Waals surface area contributed by atoms with E-state index < -0.39 is 0 Å². The van der Waals surface area contributed by atoms with Gasteiger partial charge in [-0.25, -0.2) is 4.98 Å². The molecule has 2 rings (SSSR count). The van der Waals surface area contributed by atoms with Crippen LogP contribution in [0.15, 0.2) is 41.1 Å². The molecule has 0 aliphatic carbocycles. The molecule has 104 valence electrons. The Labute approximate surface area is 126 Å². The van der Waals surface area contributed by atoms with Crippen LogP contribution in [0, 0.1) is 6.92 Å². The smallest absolute Gasteiger partial charge is 0.251 e. The van der Waals surface area contributed by atoms with Gasteiger partial charge >= 0.3 is 0 Å². The second-order valence-corrected chi connectivity index (χ2v) is 5.15. The molecular weight excluding hydrogens is 320 g/mol. The molecule has 2 N–H and O–H groups in total. The van der Waals surface area contributed by atoms with Gasteiger partial charge in [-0.3, -0.25) is 9.78 Å². The van der Waals surface area contributed by atoms with Crippen molar-refractivity contribution in [2.45, 2.75) is 6.92 Å². The van der Waals surface area contributed by atoms with Crippen LogP contribution in [-0.2, 0) is 0 Å². The van der Waals surface area contributed by atoms with Gasteiger partial charge < -0.3 is 10.6 Å². The van der Waals surface area contributed by atoms with Gasteiger partial charge in [-0.1, -0.05) is 22.0 Å². The average Bonchev–Trinajstić information content (AvgIpc) is 2.43. The van der Waals surface area contributed by atoms with E-state index >= 15 is 0 Å². The molecule has 0 atom stereocenters. The van der Waals surface area contributed by atoms with Crippen LogP contribution in [0.5, 0.6) is 0 Å². The maximum absolute atomic E-state index is 11.9. The number of hydrogen-bond donors (Lipinski definition) is 2. The summed E-state index contributed by atoms with van der Waals surface area (Å²) < 4.78 is 0.887. The summed E-state index contributed by atoms with van der Waals surface area (Å²) in [6.07, 6.45) is 3.35. The zero-order valence-corrected chi connectivity index (χ0v) is 12.6. The van der Waals surface area contributed by atoms with Crippen molar-refractivity contribution >= 4 is 27.7 Å². The van der Waals surface area contributed by atoms with Crippen LogP contribution in [0.2, 0.25) is 0 Å². The molecule has 1 amide bonds. The van der Waals surface area contributed by atoms with Gasteiger partial charge in [0.25, 0.3) is 5.91 Å². The number of carbonyl (C=O) groups is 1. The van der Waals surface area contributed by atoms with Gasteiger partial charge in [-0.2, -0.15) is 0 Å². The maximum Gasteiger partial charge on any atom is 0.251 e. The third-order valence-electron chi connectivity index (χ3n) is 2.56. The third-order valence-corrected chi connectivity index (χ3v) is 3.05. The highest BCUT2D eigenvalue weighted by Gasteiger charge is 2.04. The lowest BCUT2D eigenvalue weighted by molar-refractivity contribution is 0.0955. The minimum Gasteiger partial charge on any atom is -0.367 e. The lowest BCUT2D eigenvalue weighted by atomic mass is 10.2. The van der Waals surface area contributed by atoms with Crippen LogP contribution in [0.25, 0.3) is 0 Å². The Bertz CT molecular complexity index is 603. The van der Waals surface area contributed by atoms with Crippen molar-refractivity contribution < 1.29 is 4.79 Å². The van der Waals surface area contributed by atoms with E-state index in [1.165, 1.54) is 0 Å². The first-order valence-corrected chi connectivity index (χ1v) is 7.01. The average molecular weight is 335 g/mol. The highest BCUT2D eigenvalue weighted by Crippen LogP contribution is 2.11. The Hall–Kier alpha value is -1.95. The summed E-state index contributed by atoms with van der Waals surface area (Å²) in [4.78, 5) is 20.2. The second kappa shape index (κ2) is 7.00. The van der Waals surface area contributed by atoms with Gasteiger partial charge in [0, 0.05) is 29.3 Å². The van der Waals surface area contributed by atoms with Crippen LogP contribution in [0.3, 0.4) is 0 Å². The lowest BCUT2D eigenvalue weighted by Crippen LogP contribution is -2.28. The Morgan fingerprint density at radius 3 is 2.90 bits per heavy atom. The highest BCUT2D eigenvalue weighted by atomic mass is 79.9. The van der Waals surface area contributed by atoms with Crippen LogP contribution in [0.1, 0.15) is 16.1 Å². The number of halogens is 1. The fourth-order valence-electron chi connectivity index (χ4n) is 1.65. The first-order chi connectivity index (χ1) is 9.65. The van der Waals surface area contributed by atoms with Crippen molar-refractivity contribution in [1.82, 2.24) is 15.3 Å². The Balaban J connectivity index is 1.77. The fraction of sp³-hybridized carbons (Fsp3) is 0.214. The molecule has 20 heavy (non-hydrogen) atoms. The molecule has 0 fully saturated rings. The normalized spacial score (nSPS) is 10.1. The summed E-state index contributed by atoms with van der Waals surface area (Å²) in [7, 11) is 0. The third kappa shape index (κ3) is 4.31. The summed E-state index contributed by atoms with van der Waals surface area (Å²) in [5, 5.41) is 5.95. The van der Waals surface area contributed by atoms with Crippen molar-refractivity contribution in [2.75, 3.05) is 18.4 Å². The van der Waals surface area contributed by atoms with E-state index in [4.69, 9.17) is 0 Å². The van der Waals surface area contributed by atoms with Gasteiger partial charge in [0.05, 0.1) is 11.9 Å². The largest absolute Gasteiger partial charge is 0.367 e. The van der Waals surface area contributed by atoms with E-state index in [2.05, 4.69) is 36.5 Å². The quantitative estimate of drug-likeness (QED) is 0.824. The monoisotopic (exact) mass is 334 g/mol. The summed E-state index contributed by atoms with van der Waals surface area (Å²) in [5.41, 5.74) is 1.49. The standard InChI is InChI=1S/C14H15BrN4O/c1-10-8-16-9-13(19-10)17-5-6-18-14(20)11-3-2-4-12(15)7-11/h2-4,7-9H,5-6H2,1H3,(H,17,19)(H,18,20). The second-order valence-electron chi connectivity index (χ2n) is 4.24. The van der Waals surface area contributed by atoms with Crippen molar-refractivity contribution in [3.05, 3.63) is 52.4 Å². The molecule has 0 aliphatic heterocycles. The van der Waals surface area contributed by atoms with E-state index in [0.717, 1.165) is 10.2 Å². The number of hydrogen-bond acceptors (Lipinski definition) is 4. The molecule has 1 aromatic heterocycles. The van der Waals surface area contributed by atoms with Crippen LogP contribution < -0.4 is 10.6 Å². The van der Waals surface area contributed by atoms with E-state index in [9.17, 15) is 4.79 Å². The van der Waals surface area contributed by atoms with Gasteiger partial charge in [0.1, 0.15) is 5.82 Å². The molecule has 2 aromatic rings. The molecule has 0 bridgehead atoms. The number of amides is 1. The first-order valence-electron chi connectivity index (χ1n) is 6.21. The molecule has 0 unspecified atom stereocenters. The summed E-state index contributed by atoms with van der Waals surface area (Å²) in [6.45, 7) is 2.99. The lowest BCUT2D eigenvalue weighted by Gasteiger charge is -2.07. The number of rotatable bonds is 5. The number of anilines is 1. The number of nitrogens with zero attached hydrogens (tertiary/aromatic N) is 2. The Morgan fingerprint density at radius 1 is 1.30 bits per heavy atom. The van der Waals surface area contributed by atoms with Gasteiger partial charge in [0.2, 0.25) is 0 Å². The minimum absolute atomic E-state index is 0.0940. The number of nitrogens with one attached hydrogen (secondary N) is 2. The molecule has 0 saturated carbocycles. The summed E-state index contributed by atoms with van der Waals surface area (Å²) >= 11 is 3.34. The molecule has 1 heterocycles. The molecule has 0 aliphatic rings. The summed E-state index contributed by atoms with van der Waals surface area (Å²) in [6, 6.07) is 7.28. The topological polar surface area (TPSA) is 66.9 Å². The van der Waals surface area contributed by atoms with Crippen molar-refractivity contribution in [3.8, 4) is 0 Å². The Morgan fingerprint density at radius 2 is 2.15 bits per heavy atom. The minimum atomic E-state index is -0.0940. The molecule has 1 aromatic carbocycles. The number of aromatic nitrogens is 2. The maximum atomic E-state index is 11.9. The van der Waals surface area contributed by atoms with Crippen LogP contribution in [-0.4, -0.2) is 29.0 Å². The van der Waals surface area contributed by atoms with Crippen LogP contribution >= 0.6 is 15.9 Å². The van der Waals surface area contributed by atoms with Crippen molar-refractivity contribution in [3.63, 3.8) is 0 Å². The summed E-state index contributed by atoms with van der Waals surface area (Å²) in [5.74, 6) is 0.616. The van der Waals surface area contributed by atoms with Gasteiger partial charge in [-0.15, -0.1) is 0 Å². The van der Waals surface area contributed by atoms with E-state index in [1.807, 2.05) is 19.1 Å². The predicted molar refractivity (Wildman–Crippen MR) is 81.7 cm³/mol. The zero-order chi connectivity index (χ0) is 14.4. The molecule has 0 radical (unpaired) electrons. The first kappa shape index (κ1) is 14.5. The number of carbonyl (C=O) groups excluding carboxylic acids is 1. The van der Waals surface area contributed by atoms with Gasteiger partial charge in [-0.05, 0) is 25.1 Å². The van der Waals surface area contributed by atoms with Crippen LogP contribution in [0.4, 0.5) is 5.82 Å². The molecular formula is C14H15BrN4O. The SMILES string of the molecule is Cc1cncc(NCCNC(=O)c2cccc(Br)c2)n1. The van der Waals surface area contributed by atoms with E-state index in [0.29, 0.717) is 24.5 Å². The zero-order valence-electron chi connectivity index (χ0n) is 11.1. The molecule has 6 heteroatoms. The number of benzene rings is 1. The Kier molecular flexibility index (Phi) is 5.06. The van der Waals surface area contributed by atoms with E-state index in [1.54, 1.807) is 24.5 Å². The molecule has 0 spiro atoms. The van der Waals surface area contributed by atoms with Crippen molar-refractivity contribution in [1.29, 1.82) is 0 Å². The number of aryl methyl sites for hydroxylation is 1.